The Morgan fingerprint density at radius 1 is 1.35 bits per heavy atom. The van der Waals surface area contributed by atoms with E-state index >= 15 is 0 Å². The predicted molar refractivity (Wildman–Crippen MR) is 77.6 cm³/mol. The zero-order chi connectivity index (χ0) is 14.8. The number of aromatic nitrogens is 3. The highest BCUT2D eigenvalue weighted by Crippen LogP contribution is 2.36. The lowest BCUT2D eigenvalue weighted by Crippen LogP contribution is -2.57. The topological polar surface area (TPSA) is 65.1 Å². The van der Waals surface area contributed by atoms with E-state index in [-0.39, 0.29) is 17.3 Å². The molecule has 1 saturated carbocycles. The van der Waals surface area contributed by atoms with Gasteiger partial charge in [0.2, 0.25) is 5.82 Å². The number of nitrogens with zero attached hydrogens (tertiary/aromatic N) is 4. The van der Waals surface area contributed by atoms with Gasteiger partial charge < -0.3 is 9.80 Å². The van der Waals surface area contributed by atoms with Crippen LogP contribution >= 0.6 is 0 Å². The van der Waals surface area contributed by atoms with Crippen molar-refractivity contribution in [1.82, 2.24) is 25.0 Å². The number of H-pyrrole nitrogens is 1. The van der Waals surface area contributed by atoms with Gasteiger partial charge in [0.15, 0.2) is 0 Å². The van der Waals surface area contributed by atoms with Crippen LogP contribution in [0.5, 0.6) is 0 Å². The molecule has 1 aliphatic rings. The molecule has 0 saturated heterocycles. The highest BCUT2D eigenvalue weighted by atomic mass is 16.2. The standard InChI is InChI=1S/C14H25N5O/c1-5-7-11-15-12(17-16-11)13(20)19(4)10-14(18(2)3)8-6-9-14/h5-10H2,1-4H3,(H,15,16,17). The summed E-state index contributed by atoms with van der Waals surface area (Å²) in [4.78, 5) is 20.6. The molecule has 0 aliphatic heterocycles. The normalized spacial score (nSPS) is 17.1. The van der Waals surface area contributed by atoms with Gasteiger partial charge in [-0.3, -0.25) is 9.89 Å². The van der Waals surface area contributed by atoms with Crippen molar-refractivity contribution in [3.63, 3.8) is 0 Å². The van der Waals surface area contributed by atoms with Gasteiger partial charge in [0.1, 0.15) is 5.82 Å². The maximum atomic E-state index is 12.4. The van der Waals surface area contributed by atoms with E-state index in [9.17, 15) is 4.79 Å². The summed E-state index contributed by atoms with van der Waals surface area (Å²) in [5.74, 6) is 0.969. The summed E-state index contributed by atoms with van der Waals surface area (Å²) in [5.41, 5.74) is 0.132. The Bertz CT molecular complexity index is 464. The fourth-order valence-corrected chi connectivity index (χ4v) is 2.76. The Balaban J connectivity index is 2.00. The van der Waals surface area contributed by atoms with Crippen LogP contribution in [0.2, 0.25) is 0 Å². The van der Waals surface area contributed by atoms with Crippen LogP contribution in [0.3, 0.4) is 0 Å². The van der Waals surface area contributed by atoms with Gasteiger partial charge in [0.25, 0.3) is 5.91 Å². The average molecular weight is 279 g/mol. The van der Waals surface area contributed by atoms with Crippen LogP contribution in [-0.4, -0.2) is 64.1 Å². The number of likely N-dealkylation sites (N-methyl/N-ethyl adjacent to an activating group) is 2. The van der Waals surface area contributed by atoms with Crippen molar-refractivity contribution >= 4 is 5.91 Å². The second-order valence-corrected chi connectivity index (χ2v) is 5.99. The molecule has 0 aromatic carbocycles. The molecule has 112 valence electrons. The van der Waals surface area contributed by atoms with Crippen LogP contribution in [0.4, 0.5) is 0 Å². The first kappa shape index (κ1) is 15.0. The number of rotatable bonds is 6. The molecule has 0 spiro atoms. The van der Waals surface area contributed by atoms with Gasteiger partial charge in [0, 0.05) is 25.6 Å². The molecule has 6 nitrogen and oxygen atoms in total. The van der Waals surface area contributed by atoms with E-state index in [0.717, 1.165) is 38.1 Å². The minimum Gasteiger partial charge on any atom is -0.337 e. The predicted octanol–water partition coefficient (Wildman–Crippen LogP) is 1.31. The summed E-state index contributed by atoms with van der Waals surface area (Å²) >= 11 is 0. The molecule has 0 unspecified atom stereocenters. The van der Waals surface area contributed by atoms with Gasteiger partial charge >= 0.3 is 0 Å². The number of hydrogen-bond acceptors (Lipinski definition) is 4. The Kier molecular flexibility index (Phi) is 4.42. The first-order valence-electron chi connectivity index (χ1n) is 7.32. The van der Waals surface area contributed by atoms with Gasteiger partial charge in [-0.25, -0.2) is 4.98 Å². The highest BCUT2D eigenvalue weighted by molar-refractivity contribution is 5.90. The third-order valence-corrected chi connectivity index (χ3v) is 4.32. The summed E-state index contributed by atoms with van der Waals surface area (Å²) < 4.78 is 0. The molecular weight excluding hydrogens is 254 g/mol. The van der Waals surface area contributed by atoms with Crippen molar-refractivity contribution in [2.75, 3.05) is 27.7 Å². The molecule has 2 rings (SSSR count). The first-order valence-corrected chi connectivity index (χ1v) is 7.32. The molecule has 1 aliphatic carbocycles. The fourth-order valence-electron chi connectivity index (χ4n) is 2.76. The van der Waals surface area contributed by atoms with Gasteiger partial charge in [-0.15, -0.1) is 5.10 Å². The van der Waals surface area contributed by atoms with Gasteiger partial charge in [-0.1, -0.05) is 6.92 Å². The summed E-state index contributed by atoms with van der Waals surface area (Å²) in [6.45, 7) is 2.81. The SMILES string of the molecule is CCCc1nc(C(=O)N(C)CC2(N(C)C)CCC2)n[nH]1. The number of carbonyl (C=O) groups excluding carboxylic acids is 1. The molecule has 0 bridgehead atoms. The van der Waals surface area contributed by atoms with E-state index in [0.29, 0.717) is 0 Å². The maximum Gasteiger partial charge on any atom is 0.293 e. The zero-order valence-electron chi connectivity index (χ0n) is 12.9. The lowest BCUT2D eigenvalue weighted by Gasteiger charge is -2.49. The molecular formula is C14H25N5O. The summed E-state index contributed by atoms with van der Waals surface area (Å²) in [7, 11) is 6.01. The van der Waals surface area contributed by atoms with Crippen LogP contribution < -0.4 is 0 Å². The monoisotopic (exact) mass is 279 g/mol. The Morgan fingerprint density at radius 2 is 2.05 bits per heavy atom. The number of hydrogen-bond donors (Lipinski definition) is 1. The molecule has 1 aromatic rings. The Labute approximate surface area is 120 Å². The Morgan fingerprint density at radius 3 is 2.55 bits per heavy atom. The van der Waals surface area contributed by atoms with Crippen LogP contribution in [0.25, 0.3) is 0 Å². The summed E-state index contributed by atoms with van der Waals surface area (Å²) in [6, 6.07) is 0. The molecule has 1 N–H and O–H groups in total. The zero-order valence-corrected chi connectivity index (χ0v) is 12.9. The largest absolute Gasteiger partial charge is 0.337 e. The maximum absolute atomic E-state index is 12.4. The number of nitrogens with one attached hydrogen (secondary N) is 1. The first-order chi connectivity index (χ1) is 9.48. The van der Waals surface area contributed by atoms with Gasteiger partial charge in [-0.05, 0) is 39.8 Å². The molecule has 1 fully saturated rings. The highest BCUT2D eigenvalue weighted by Gasteiger charge is 2.41. The third kappa shape index (κ3) is 2.85. The lowest BCUT2D eigenvalue weighted by atomic mass is 9.75. The molecule has 20 heavy (non-hydrogen) atoms. The third-order valence-electron chi connectivity index (χ3n) is 4.32. The van der Waals surface area contributed by atoms with Crippen LogP contribution in [0.1, 0.15) is 49.1 Å². The van der Waals surface area contributed by atoms with Crippen LogP contribution in [0, 0.1) is 0 Å². The average Bonchev–Trinajstić information content (AvgIpc) is 2.81. The fraction of sp³-hybridized carbons (Fsp3) is 0.786. The smallest absolute Gasteiger partial charge is 0.293 e. The van der Waals surface area contributed by atoms with Crippen molar-refractivity contribution in [3.8, 4) is 0 Å². The molecule has 1 aromatic heterocycles. The number of aryl methyl sites for hydroxylation is 1. The van der Waals surface area contributed by atoms with Crippen LogP contribution in [0.15, 0.2) is 0 Å². The molecule has 1 amide bonds. The molecule has 0 radical (unpaired) electrons. The number of aromatic amines is 1. The Hall–Kier alpha value is -1.43. The van der Waals surface area contributed by atoms with Crippen molar-refractivity contribution in [2.24, 2.45) is 0 Å². The minimum atomic E-state index is -0.100. The summed E-state index contributed by atoms with van der Waals surface area (Å²) in [6.07, 6.45) is 5.34. The summed E-state index contributed by atoms with van der Waals surface area (Å²) in [5, 5.41) is 6.87. The van der Waals surface area contributed by atoms with E-state index in [4.69, 9.17) is 0 Å². The second-order valence-electron chi connectivity index (χ2n) is 5.99. The number of amides is 1. The van der Waals surface area contributed by atoms with E-state index in [1.807, 2.05) is 7.05 Å². The van der Waals surface area contributed by atoms with Gasteiger partial charge in [0.05, 0.1) is 0 Å². The molecule has 1 heterocycles. The van der Waals surface area contributed by atoms with Crippen LogP contribution in [-0.2, 0) is 6.42 Å². The van der Waals surface area contributed by atoms with E-state index in [1.54, 1.807) is 4.90 Å². The van der Waals surface area contributed by atoms with Crippen molar-refractivity contribution < 1.29 is 4.79 Å². The minimum absolute atomic E-state index is 0.100. The van der Waals surface area contributed by atoms with Crippen molar-refractivity contribution in [2.45, 2.75) is 44.6 Å². The van der Waals surface area contributed by atoms with Gasteiger partial charge in [-0.2, -0.15) is 0 Å². The molecule has 0 atom stereocenters. The number of carbonyl (C=O) groups is 1. The van der Waals surface area contributed by atoms with E-state index in [2.05, 4.69) is 41.1 Å². The molecule has 6 heteroatoms. The quantitative estimate of drug-likeness (QED) is 0.853. The van der Waals surface area contributed by atoms with Crippen molar-refractivity contribution in [1.29, 1.82) is 0 Å². The lowest BCUT2D eigenvalue weighted by molar-refractivity contribution is 0.0247. The van der Waals surface area contributed by atoms with Crippen molar-refractivity contribution in [3.05, 3.63) is 11.6 Å². The van der Waals surface area contributed by atoms with E-state index in [1.165, 1.54) is 6.42 Å². The second kappa shape index (κ2) is 5.91. The van der Waals surface area contributed by atoms with E-state index < -0.39 is 0 Å².